The molecule has 0 aliphatic rings. The lowest BCUT2D eigenvalue weighted by atomic mass is 10.0. The zero-order valence-corrected chi connectivity index (χ0v) is 20.2. The molecule has 0 spiro atoms. The quantitative estimate of drug-likeness (QED) is 0.136. The minimum atomic E-state index is -0.204. The molecule has 3 aromatic carbocycles. The van der Waals surface area contributed by atoms with Crippen LogP contribution in [0.1, 0.15) is 48.5 Å². The normalized spacial score (nSPS) is 11.5. The van der Waals surface area contributed by atoms with Crippen molar-refractivity contribution in [2.45, 2.75) is 26.7 Å². The Bertz CT molecular complexity index is 1290. The summed E-state index contributed by atoms with van der Waals surface area (Å²) in [6.45, 7) is 5.20. The molecule has 0 saturated carbocycles. The summed E-state index contributed by atoms with van der Waals surface area (Å²) in [4.78, 5) is 18.2. The Labute approximate surface area is 205 Å². The molecule has 180 valence electrons. The van der Waals surface area contributed by atoms with E-state index in [0.717, 1.165) is 24.2 Å². The third kappa shape index (κ3) is 5.72. The topological polar surface area (TPSA) is 70.8 Å². The lowest BCUT2D eigenvalue weighted by Gasteiger charge is -2.10. The number of rotatable bonds is 11. The van der Waals surface area contributed by atoms with E-state index in [1.54, 1.807) is 25.3 Å². The van der Waals surface area contributed by atoms with E-state index in [4.69, 9.17) is 18.6 Å². The van der Waals surface area contributed by atoms with E-state index < -0.39 is 0 Å². The predicted octanol–water partition coefficient (Wildman–Crippen LogP) is 6.84. The van der Waals surface area contributed by atoms with Crippen LogP contribution in [0.3, 0.4) is 0 Å². The maximum absolute atomic E-state index is 13.7. The molecule has 4 aromatic rings. The van der Waals surface area contributed by atoms with Crippen molar-refractivity contribution < 1.29 is 23.4 Å². The van der Waals surface area contributed by atoms with Crippen molar-refractivity contribution in [2.24, 2.45) is 0 Å². The second kappa shape index (κ2) is 11.4. The van der Waals surface area contributed by atoms with Crippen molar-refractivity contribution in [2.75, 3.05) is 20.3 Å². The van der Waals surface area contributed by atoms with Gasteiger partial charge in [0, 0.05) is 5.56 Å². The summed E-state index contributed by atoms with van der Waals surface area (Å²) in [5.74, 6) is 2.01. The van der Waals surface area contributed by atoms with Gasteiger partial charge in [0.25, 0.3) is 0 Å². The van der Waals surface area contributed by atoms with Crippen LogP contribution in [0.15, 0.2) is 71.1 Å². The monoisotopic (exact) mass is 471 g/mol. The molecule has 1 heterocycles. The molecule has 0 fully saturated rings. The number of hydrogen-bond acceptors (Lipinski definition) is 6. The molecule has 35 heavy (non-hydrogen) atoms. The van der Waals surface area contributed by atoms with Gasteiger partial charge in [0.15, 0.2) is 22.9 Å². The van der Waals surface area contributed by atoms with Crippen molar-refractivity contribution in [3.05, 3.63) is 83.7 Å². The number of allylic oxidation sites excluding steroid dienone is 1. The van der Waals surface area contributed by atoms with Gasteiger partial charge in [0.1, 0.15) is 11.3 Å². The second-order valence-corrected chi connectivity index (χ2v) is 7.94. The summed E-state index contributed by atoms with van der Waals surface area (Å²) in [7, 11) is 1.59. The van der Waals surface area contributed by atoms with Gasteiger partial charge in [-0.3, -0.25) is 4.79 Å². The van der Waals surface area contributed by atoms with Crippen molar-refractivity contribution in [3.8, 4) is 17.2 Å². The first-order valence-electron chi connectivity index (χ1n) is 11.8. The number of Topliss-reactive ketones (excluding diaryl/α,β-unsaturated/α-hetero) is 1. The molecule has 0 aliphatic heterocycles. The number of hydrogen-bond donors (Lipinski definition) is 0. The van der Waals surface area contributed by atoms with E-state index >= 15 is 0 Å². The smallest absolute Gasteiger partial charge is 0.231 e. The minimum Gasteiger partial charge on any atom is -0.494 e. The van der Waals surface area contributed by atoms with Crippen LogP contribution in [0.2, 0.25) is 0 Å². The number of aromatic nitrogens is 1. The van der Waals surface area contributed by atoms with Gasteiger partial charge in [-0.25, -0.2) is 4.98 Å². The predicted molar refractivity (Wildman–Crippen MR) is 137 cm³/mol. The van der Waals surface area contributed by atoms with Crippen molar-refractivity contribution in [1.82, 2.24) is 4.98 Å². The molecular weight excluding hydrogens is 442 g/mol. The Morgan fingerprint density at radius 3 is 2.49 bits per heavy atom. The van der Waals surface area contributed by atoms with Gasteiger partial charge in [-0.1, -0.05) is 31.5 Å². The van der Waals surface area contributed by atoms with E-state index in [2.05, 4.69) is 11.9 Å². The molecule has 0 unspecified atom stereocenters. The number of para-hydroxylation sites is 2. The molecule has 0 saturated heterocycles. The summed E-state index contributed by atoms with van der Waals surface area (Å²) in [6.07, 6.45) is 3.80. The molecule has 0 atom stereocenters. The summed E-state index contributed by atoms with van der Waals surface area (Å²) >= 11 is 0. The Kier molecular flexibility index (Phi) is 7.83. The molecule has 0 aliphatic carbocycles. The van der Waals surface area contributed by atoms with E-state index in [9.17, 15) is 4.79 Å². The number of carbonyl (C=O) groups is 1. The van der Waals surface area contributed by atoms with Crippen LogP contribution in [-0.2, 0) is 0 Å². The highest BCUT2D eigenvalue weighted by atomic mass is 16.5. The average Bonchev–Trinajstić information content (AvgIpc) is 3.32. The van der Waals surface area contributed by atoms with E-state index in [1.807, 2.05) is 61.5 Å². The van der Waals surface area contributed by atoms with Gasteiger partial charge in [-0.05, 0) is 73.5 Å². The maximum Gasteiger partial charge on any atom is 0.231 e. The fourth-order valence-corrected chi connectivity index (χ4v) is 3.62. The van der Waals surface area contributed by atoms with E-state index in [-0.39, 0.29) is 11.7 Å². The number of oxazole rings is 1. The molecule has 0 bridgehead atoms. The van der Waals surface area contributed by atoms with Gasteiger partial charge in [0.2, 0.25) is 5.89 Å². The van der Waals surface area contributed by atoms with Crippen LogP contribution in [-0.4, -0.2) is 31.1 Å². The molecule has 4 rings (SSSR count). The van der Waals surface area contributed by atoms with Crippen LogP contribution in [0.4, 0.5) is 0 Å². The second-order valence-electron chi connectivity index (χ2n) is 7.94. The van der Waals surface area contributed by atoms with Crippen molar-refractivity contribution >= 4 is 28.5 Å². The van der Waals surface area contributed by atoms with Gasteiger partial charge < -0.3 is 18.6 Å². The first-order valence-corrected chi connectivity index (χ1v) is 11.8. The number of ether oxygens (including phenoxy) is 3. The highest BCUT2D eigenvalue weighted by molar-refractivity contribution is 6.31. The molecule has 0 radical (unpaired) electrons. The number of ketones is 1. The Morgan fingerprint density at radius 1 is 0.971 bits per heavy atom. The fourth-order valence-electron chi connectivity index (χ4n) is 3.62. The van der Waals surface area contributed by atoms with Crippen LogP contribution in [0.25, 0.3) is 22.7 Å². The van der Waals surface area contributed by atoms with Gasteiger partial charge in [0.05, 0.1) is 25.9 Å². The first kappa shape index (κ1) is 24.1. The van der Waals surface area contributed by atoms with Crippen molar-refractivity contribution in [3.63, 3.8) is 0 Å². The highest BCUT2D eigenvalue weighted by Crippen LogP contribution is 2.31. The summed E-state index contributed by atoms with van der Waals surface area (Å²) in [6, 6.07) is 20.1. The Morgan fingerprint density at radius 2 is 1.77 bits per heavy atom. The maximum atomic E-state index is 13.7. The zero-order chi connectivity index (χ0) is 24.6. The van der Waals surface area contributed by atoms with Crippen molar-refractivity contribution in [1.29, 1.82) is 0 Å². The number of benzene rings is 3. The third-order valence-electron chi connectivity index (χ3n) is 5.45. The molecule has 0 N–H and O–H groups in total. The number of carbonyl (C=O) groups excluding carboxylic acids is 1. The number of fused-ring (bicyclic) bond motifs is 1. The molecular formula is C29H29NO5. The van der Waals surface area contributed by atoms with Gasteiger partial charge in [-0.2, -0.15) is 0 Å². The first-order chi connectivity index (χ1) is 17.1. The largest absolute Gasteiger partial charge is 0.494 e. The Balaban J connectivity index is 1.73. The minimum absolute atomic E-state index is 0.204. The SMILES string of the molecule is CCCCOc1ccc(C(=O)/C(=C/c2ccc(OCC)c(OC)c2)c2nc3ccccc3o2)cc1. The summed E-state index contributed by atoms with van der Waals surface area (Å²) in [5, 5.41) is 0. The summed E-state index contributed by atoms with van der Waals surface area (Å²) < 4.78 is 22.8. The number of methoxy groups -OCH3 is 1. The van der Waals surface area contributed by atoms with Crippen LogP contribution in [0.5, 0.6) is 17.2 Å². The lowest BCUT2D eigenvalue weighted by Crippen LogP contribution is -2.04. The number of unbranched alkanes of at least 4 members (excludes halogenated alkanes) is 1. The van der Waals surface area contributed by atoms with Crippen LogP contribution in [0, 0.1) is 0 Å². The lowest BCUT2D eigenvalue weighted by molar-refractivity contribution is 0.105. The molecule has 1 aromatic heterocycles. The summed E-state index contributed by atoms with van der Waals surface area (Å²) in [5.41, 5.74) is 2.91. The van der Waals surface area contributed by atoms with Gasteiger partial charge in [-0.15, -0.1) is 0 Å². The van der Waals surface area contributed by atoms with Crippen LogP contribution < -0.4 is 14.2 Å². The van der Waals surface area contributed by atoms with E-state index in [0.29, 0.717) is 46.9 Å². The van der Waals surface area contributed by atoms with Crippen LogP contribution >= 0.6 is 0 Å². The number of nitrogens with zero attached hydrogens (tertiary/aromatic N) is 1. The molecule has 6 nitrogen and oxygen atoms in total. The zero-order valence-electron chi connectivity index (χ0n) is 20.2. The third-order valence-corrected chi connectivity index (χ3v) is 5.45. The molecule has 0 amide bonds. The van der Waals surface area contributed by atoms with Gasteiger partial charge >= 0.3 is 0 Å². The van der Waals surface area contributed by atoms with E-state index in [1.165, 1.54) is 0 Å². The fraction of sp³-hybridized carbons (Fsp3) is 0.241. The Hall–Kier alpha value is -4.06. The standard InChI is InChI=1S/C29H29NO5/c1-4-6-17-34-22-14-12-21(13-15-22)28(31)23(29-30-24-9-7-8-10-25(24)35-29)18-20-11-16-26(33-5-2)27(19-20)32-3/h7-16,18-19H,4-6,17H2,1-3H3/b23-18-. The average molecular weight is 472 g/mol. The molecule has 6 heteroatoms. The highest BCUT2D eigenvalue weighted by Gasteiger charge is 2.21.